The molecule has 19 heteroatoms. The van der Waals surface area contributed by atoms with Gasteiger partial charge in [-0.1, -0.05) is 53.2 Å². The number of rotatable bonds is 14. The van der Waals surface area contributed by atoms with E-state index in [1.54, 1.807) is 13.8 Å². The quantitative estimate of drug-likeness (QED) is 0.0924. The summed E-state index contributed by atoms with van der Waals surface area (Å²) in [6.45, 7) is 14.4. The van der Waals surface area contributed by atoms with Crippen molar-refractivity contribution in [3.63, 3.8) is 0 Å². The van der Waals surface area contributed by atoms with Crippen LogP contribution in [0.15, 0.2) is 11.6 Å². The van der Waals surface area contributed by atoms with Gasteiger partial charge < -0.3 is 94.8 Å². The van der Waals surface area contributed by atoms with Crippen LogP contribution in [0.4, 0.5) is 0 Å². The molecule has 3 saturated heterocycles. The van der Waals surface area contributed by atoms with E-state index in [0.29, 0.717) is 19.3 Å². The van der Waals surface area contributed by atoms with E-state index in [1.807, 2.05) is 0 Å². The van der Waals surface area contributed by atoms with Gasteiger partial charge in [-0.05, 0) is 99.7 Å². The standard InChI is InChI=1S/C48H82O19/c1-21(22-15-16-46(6)28-12-10-23-24(11-13-29(51)44(23,2)3)48(28,8)30(52)17-47(22,46)7)9-14-31(45(4,5)61)66-43-40(67-42-39(60)36(57)33(54)26(19-50)64-42)37(58)34(55)27(65-43)20-62-41-38(59)35(56)32(53)25(18-49)63-41/h10,21-22,24-43,49-61H,9,11-20H2,1-8H3/t21-,22?,24-,25-,26-,27-,28+,29+,30-,31-,32-,33-,34-,35+,36+,37+,38-,39-,40-,41?,42+,43+,46+,47-,48+/m1/s1. The normalized spacial score (nSPS) is 51.0. The van der Waals surface area contributed by atoms with Crippen molar-refractivity contribution < 1.29 is 94.8 Å². The summed E-state index contributed by atoms with van der Waals surface area (Å²) in [4.78, 5) is 0. The van der Waals surface area contributed by atoms with E-state index in [0.717, 1.165) is 25.7 Å². The fourth-order valence-corrected chi connectivity index (χ4v) is 14.1. The molecule has 67 heavy (non-hydrogen) atoms. The minimum atomic E-state index is -1.90. The van der Waals surface area contributed by atoms with Gasteiger partial charge in [0.1, 0.15) is 73.2 Å². The first kappa shape index (κ1) is 53.8. The topological polar surface area (TPSA) is 318 Å². The molecule has 4 aliphatic carbocycles. The van der Waals surface area contributed by atoms with E-state index in [-0.39, 0.29) is 51.8 Å². The SMILES string of the molecule is C[C@H](CC[C@@H](O[C@@H]1O[C@H](COC2O[C@H](CO)[C@@H](O)[C@H](O)[C@H]2O)[C@@H](O)[C@H](O)[C@H]1O[C@@H]1O[C@H](CO)[C@@H](O)[C@H](O)[C@H]1O)C(C)(C)O)C1CC[C@@]2(C)[C@@H]3CC=C4[C@@H](CC[C@H](O)C4(C)C)[C@]3(C)[C@H](O)C[C@]12C. The van der Waals surface area contributed by atoms with Gasteiger partial charge in [0.25, 0.3) is 0 Å². The van der Waals surface area contributed by atoms with E-state index in [2.05, 4.69) is 47.6 Å². The molecule has 3 aliphatic heterocycles. The van der Waals surface area contributed by atoms with E-state index in [1.165, 1.54) is 5.57 Å². The first-order chi connectivity index (χ1) is 31.2. The minimum absolute atomic E-state index is 0.0795. The molecule has 25 atom stereocenters. The highest BCUT2D eigenvalue weighted by molar-refractivity contribution is 5.31. The van der Waals surface area contributed by atoms with Crippen molar-refractivity contribution in [3.05, 3.63) is 11.6 Å². The third-order valence-electron chi connectivity index (χ3n) is 18.7. The Morgan fingerprint density at radius 3 is 1.84 bits per heavy atom. The highest BCUT2D eigenvalue weighted by Crippen LogP contribution is 2.75. The lowest BCUT2D eigenvalue weighted by Crippen LogP contribution is -2.65. The van der Waals surface area contributed by atoms with Gasteiger partial charge in [-0.15, -0.1) is 0 Å². The van der Waals surface area contributed by atoms with Crippen LogP contribution in [0, 0.1) is 45.3 Å². The second kappa shape index (κ2) is 19.8. The van der Waals surface area contributed by atoms with E-state index >= 15 is 0 Å². The average molecular weight is 963 g/mol. The van der Waals surface area contributed by atoms with Crippen molar-refractivity contribution in [3.8, 4) is 0 Å². The zero-order valence-electron chi connectivity index (χ0n) is 40.3. The van der Waals surface area contributed by atoms with E-state index in [9.17, 15) is 66.4 Å². The average Bonchev–Trinajstić information content (AvgIpc) is 3.54. The molecule has 0 aromatic carbocycles. The fourth-order valence-electron chi connectivity index (χ4n) is 14.1. The molecule has 3 heterocycles. The van der Waals surface area contributed by atoms with Crippen LogP contribution >= 0.6 is 0 Å². The molecule has 0 spiro atoms. The lowest BCUT2D eigenvalue weighted by Gasteiger charge is -2.67. The Labute approximate surface area is 393 Å². The predicted octanol–water partition coefficient (Wildman–Crippen LogP) is -1.06. The van der Waals surface area contributed by atoms with Gasteiger partial charge >= 0.3 is 0 Å². The number of allylic oxidation sites excluding steroid dienone is 1. The van der Waals surface area contributed by atoms with Crippen LogP contribution in [0.5, 0.6) is 0 Å². The van der Waals surface area contributed by atoms with Crippen molar-refractivity contribution in [2.24, 2.45) is 45.3 Å². The Bertz CT molecular complexity index is 1710. The van der Waals surface area contributed by atoms with Gasteiger partial charge in [0.15, 0.2) is 18.9 Å². The van der Waals surface area contributed by atoms with E-state index in [4.69, 9.17) is 28.4 Å². The molecule has 0 aromatic rings. The lowest BCUT2D eigenvalue weighted by molar-refractivity contribution is -0.380. The Morgan fingerprint density at radius 1 is 0.672 bits per heavy atom. The molecule has 3 saturated carbocycles. The van der Waals surface area contributed by atoms with Crippen molar-refractivity contribution in [2.75, 3.05) is 19.8 Å². The summed E-state index contributed by atoms with van der Waals surface area (Å²) in [6, 6.07) is 0. The first-order valence-electron chi connectivity index (χ1n) is 24.5. The molecule has 0 radical (unpaired) electrons. The largest absolute Gasteiger partial charge is 0.394 e. The smallest absolute Gasteiger partial charge is 0.187 e. The summed E-state index contributed by atoms with van der Waals surface area (Å²) < 4.78 is 35.5. The minimum Gasteiger partial charge on any atom is -0.394 e. The maximum absolute atomic E-state index is 12.4. The lowest BCUT2D eigenvalue weighted by atomic mass is 9.38. The van der Waals surface area contributed by atoms with Gasteiger partial charge in [-0.25, -0.2) is 0 Å². The molecule has 7 rings (SSSR count). The fraction of sp³-hybridized carbons (Fsp3) is 0.958. The summed E-state index contributed by atoms with van der Waals surface area (Å²) in [6.07, 6.45) is -19.2. The molecular weight excluding hydrogens is 881 g/mol. The van der Waals surface area contributed by atoms with Crippen LogP contribution in [0.3, 0.4) is 0 Å². The third kappa shape index (κ3) is 9.24. The third-order valence-corrected chi connectivity index (χ3v) is 18.7. The highest BCUT2D eigenvalue weighted by atomic mass is 16.8. The summed E-state index contributed by atoms with van der Waals surface area (Å²) in [5.41, 5.74) is -1.32. The van der Waals surface area contributed by atoms with Crippen LogP contribution < -0.4 is 0 Å². The summed E-state index contributed by atoms with van der Waals surface area (Å²) in [5.74, 6) is 0.678. The van der Waals surface area contributed by atoms with Crippen LogP contribution in [0.25, 0.3) is 0 Å². The summed E-state index contributed by atoms with van der Waals surface area (Å²) in [7, 11) is 0. The molecule has 388 valence electrons. The van der Waals surface area contributed by atoms with Gasteiger partial charge in [-0.2, -0.15) is 0 Å². The molecule has 2 unspecified atom stereocenters. The molecule has 13 N–H and O–H groups in total. The molecule has 0 amide bonds. The second-order valence-corrected chi connectivity index (χ2v) is 23.1. The highest BCUT2D eigenvalue weighted by Gasteiger charge is 2.70. The Hall–Kier alpha value is -1.02. The number of hydrogen-bond acceptors (Lipinski definition) is 19. The van der Waals surface area contributed by atoms with Crippen LogP contribution in [-0.4, -0.2) is 202 Å². The van der Waals surface area contributed by atoms with E-state index < -0.39 is 136 Å². The summed E-state index contributed by atoms with van der Waals surface area (Å²) in [5, 5.41) is 141. The van der Waals surface area contributed by atoms with Gasteiger partial charge in [-0.3, -0.25) is 0 Å². The number of ether oxygens (including phenoxy) is 6. The summed E-state index contributed by atoms with van der Waals surface area (Å²) >= 11 is 0. The molecule has 19 nitrogen and oxygen atoms in total. The number of aliphatic hydroxyl groups is 13. The second-order valence-electron chi connectivity index (χ2n) is 23.1. The Balaban J connectivity index is 1.10. The molecule has 0 aromatic heterocycles. The van der Waals surface area contributed by atoms with Crippen molar-refractivity contribution in [1.29, 1.82) is 0 Å². The molecule has 6 fully saturated rings. The van der Waals surface area contributed by atoms with Gasteiger partial charge in [0.05, 0.1) is 43.7 Å². The maximum atomic E-state index is 12.4. The van der Waals surface area contributed by atoms with Gasteiger partial charge in [0, 0.05) is 10.8 Å². The maximum Gasteiger partial charge on any atom is 0.187 e. The van der Waals surface area contributed by atoms with Crippen molar-refractivity contribution in [1.82, 2.24) is 0 Å². The molecular formula is C48H82O19. The first-order valence-corrected chi connectivity index (χ1v) is 24.5. The van der Waals surface area contributed by atoms with Crippen LogP contribution in [0.1, 0.15) is 107 Å². The monoisotopic (exact) mass is 963 g/mol. The van der Waals surface area contributed by atoms with Gasteiger partial charge in [0.2, 0.25) is 0 Å². The Morgan fingerprint density at radius 2 is 1.24 bits per heavy atom. The number of fused-ring (bicyclic) bond motifs is 5. The van der Waals surface area contributed by atoms with Crippen molar-refractivity contribution >= 4 is 0 Å². The zero-order chi connectivity index (χ0) is 49.5. The Kier molecular flexibility index (Phi) is 15.9. The van der Waals surface area contributed by atoms with Crippen LogP contribution in [-0.2, 0) is 28.4 Å². The number of hydrogen-bond donors (Lipinski definition) is 13. The predicted molar refractivity (Wildman–Crippen MR) is 235 cm³/mol. The molecule has 7 aliphatic rings. The number of aliphatic hydroxyl groups excluding tert-OH is 12. The zero-order valence-corrected chi connectivity index (χ0v) is 40.3. The molecule has 0 bridgehead atoms. The van der Waals surface area contributed by atoms with Crippen molar-refractivity contribution in [2.45, 2.75) is 223 Å². The van der Waals surface area contributed by atoms with Crippen LogP contribution in [0.2, 0.25) is 0 Å².